The van der Waals surface area contributed by atoms with E-state index in [-0.39, 0.29) is 18.1 Å². The summed E-state index contributed by atoms with van der Waals surface area (Å²) in [6.45, 7) is 0.423. The van der Waals surface area contributed by atoms with Crippen LogP contribution in [-0.2, 0) is 17.6 Å². The van der Waals surface area contributed by atoms with Crippen LogP contribution in [0, 0.1) is 5.82 Å². The smallest absolute Gasteiger partial charge is 0.224 e. The Morgan fingerprint density at radius 1 is 1.04 bits per heavy atom. The number of halogens is 1. The maximum Gasteiger partial charge on any atom is 0.224 e. The molecule has 0 heterocycles. The van der Waals surface area contributed by atoms with Crippen LogP contribution in [0.1, 0.15) is 11.1 Å². The third-order valence-electron chi connectivity index (χ3n) is 3.77. The van der Waals surface area contributed by atoms with Gasteiger partial charge in [-0.25, -0.2) is 4.39 Å². The molecule has 0 aliphatic heterocycles. The zero-order chi connectivity index (χ0) is 18.2. The van der Waals surface area contributed by atoms with Gasteiger partial charge in [0, 0.05) is 6.54 Å². The molecule has 2 aromatic carbocycles. The molecule has 0 atom stereocenters. The number of carbonyl (C=O) groups is 1. The molecule has 5 nitrogen and oxygen atoms in total. The van der Waals surface area contributed by atoms with E-state index < -0.39 is 0 Å². The van der Waals surface area contributed by atoms with Crippen LogP contribution >= 0.6 is 0 Å². The van der Waals surface area contributed by atoms with E-state index in [2.05, 4.69) is 5.32 Å². The Hall–Kier alpha value is -2.76. The second-order valence-corrected chi connectivity index (χ2v) is 5.40. The first kappa shape index (κ1) is 18.6. The first-order valence-corrected chi connectivity index (χ1v) is 7.88. The van der Waals surface area contributed by atoms with Crippen LogP contribution in [0.15, 0.2) is 36.4 Å². The van der Waals surface area contributed by atoms with Gasteiger partial charge in [0.25, 0.3) is 0 Å². The molecule has 1 amide bonds. The summed E-state index contributed by atoms with van der Waals surface area (Å²) < 4.78 is 29.4. The predicted molar refractivity (Wildman–Crippen MR) is 92.9 cm³/mol. The number of rotatable bonds is 8. The highest BCUT2D eigenvalue weighted by atomic mass is 19.1. The summed E-state index contributed by atoms with van der Waals surface area (Å²) in [5, 5.41) is 2.79. The van der Waals surface area contributed by atoms with Crippen molar-refractivity contribution in [2.45, 2.75) is 12.8 Å². The van der Waals surface area contributed by atoms with Crippen molar-refractivity contribution in [1.82, 2.24) is 5.32 Å². The van der Waals surface area contributed by atoms with Gasteiger partial charge in [-0.05, 0) is 35.7 Å². The second kappa shape index (κ2) is 8.92. The van der Waals surface area contributed by atoms with Crippen LogP contribution in [0.25, 0.3) is 0 Å². The van der Waals surface area contributed by atoms with Gasteiger partial charge in [0.2, 0.25) is 11.7 Å². The lowest BCUT2D eigenvalue weighted by Crippen LogP contribution is -2.27. The molecule has 0 aromatic heterocycles. The Labute approximate surface area is 146 Å². The van der Waals surface area contributed by atoms with Gasteiger partial charge in [-0.15, -0.1) is 0 Å². The SMILES string of the molecule is COc1cc(CCNC(=O)Cc2ccccc2F)cc(OC)c1OC. The molecule has 0 unspecified atom stereocenters. The molecule has 0 saturated heterocycles. The molecule has 0 saturated carbocycles. The molecule has 2 rings (SSSR count). The molecule has 134 valence electrons. The van der Waals surface area contributed by atoms with Gasteiger partial charge < -0.3 is 19.5 Å². The van der Waals surface area contributed by atoms with Gasteiger partial charge >= 0.3 is 0 Å². The maximum atomic E-state index is 13.6. The van der Waals surface area contributed by atoms with E-state index in [1.807, 2.05) is 12.1 Å². The standard InChI is InChI=1S/C19H22FNO4/c1-23-16-10-13(11-17(24-2)19(16)25-3)8-9-21-18(22)12-14-6-4-5-7-15(14)20/h4-7,10-11H,8-9,12H2,1-3H3,(H,21,22). The maximum absolute atomic E-state index is 13.6. The summed E-state index contributed by atoms with van der Waals surface area (Å²) in [7, 11) is 4.65. The van der Waals surface area contributed by atoms with Crippen LogP contribution in [0.4, 0.5) is 4.39 Å². The van der Waals surface area contributed by atoms with Gasteiger partial charge in [0.05, 0.1) is 27.8 Å². The zero-order valence-corrected chi connectivity index (χ0v) is 14.6. The molecule has 0 bridgehead atoms. The quantitative estimate of drug-likeness (QED) is 0.798. The van der Waals surface area contributed by atoms with E-state index in [1.165, 1.54) is 6.07 Å². The van der Waals surface area contributed by atoms with Gasteiger partial charge in [-0.1, -0.05) is 18.2 Å². The lowest BCUT2D eigenvalue weighted by Gasteiger charge is -2.14. The van der Waals surface area contributed by atoms with E-state index in [1.54, 1.807) is 39.5 Å². The van der Waals surface area contributed by atoms with Crippen molar-refractivity contribution in [3.63, 3.8) is 0 Å². The van der Waals surface area contributed by atoms with E-state index in [0.717, 1.165) is 5.56 Å². The Kier molecular flexibility index (Phi) is 6.62. The number of nitrogens with one attached hydrogen (secondary N) is 1. The van der Waals surface area contributed by atoms with Gasteiger partial charge in [0.1, 0.15) is 5.82 Å². The molecule has 0 radical (unpaired) electrons. The number of benzene rings is 2. The molecule has 25 heavy (non-hydrogen) atoms. The van der Waals surface area contributed by atoms with Crippen molar-refractivity contribution in [1.29, 1.82) is 0 Å². The second-order valence-electron chi connectivity index (χ2n) is 5.40. The minimum Gasteiger partial charge on any atom is -0.493 e. The summed E-state index contributed by atoms with van der Waals surface area (Å²) in [6, 6.07) is 9.93. The number of hydrogen-bond acceptors (Lipinski definition) is 4. The van der Waals surface area contributed by atoms with Crippen molar-refractivity contribution in [3.05, 3.63) is 53.3 Å². The Morgan fingerprint density at radius 2 is 1.68 bits per heavy atom. The third kappa shape index (κ3) is 4.86. The minimum atomic E-state index is -0.373. The van der Waals surface area contributed by atoms with E-state index >= 15 is 0 Å². The molecule has 2 aromatic rings. The van der Waals surface area contributed by atoms with Crippen molar-refractivity contribution in [2.24, 2.45) is 0 Å². The highest BCUT2D eigenvalue weighted by molar-refractivity contribution is 5.78. The fourth-order valence-corrected chi connectivity index (χ4v) is 2.50. The number of methoxy groups -OCH3 is 3. The highest BCUT2D eigenvalue weighted by Crippen LogP contribution is 2.38. The van der Waals surface area contributed by atoms with Gasteiger partial charge in [-0.3, -0.25) is 4.79 Å². The monoisotopic (exact) mass is 347 g/mol. The molecule has 0 aliphatic rings. The van der Waals surface area contributed by atoms with Crippen molar-refractivity contribution in [3.8, 4) is 17.2 Å². The molecule has 0 fully saturated rings. The third-order valence-corrected chi connectivity index (χ3v) is 3.77. The number of amides is 1. The molecule has 1 N–H and O–H groups in total. The lowest BCUT2D eigenvalue weighted by atomic mass is 10.1. The van der Waals surface area contributed by atoms with E-state index in [9.17, 15) is 9.18 Å². The number of ether oxygens (including phenoxy) is 3. The zero-order valence-electron chi connectivity index (χ0n) is 14.6. The van der Waals surface area contributed by atoms with Crippen LogP contribution in [0.2, 0.25) is 0 Å². The molecule has 0 spiro atoms. The lowest BCUT2D eigenvalue weighted by molar-refractivity contribution is -0.120. The van der Waals surface area contributed by atoms with Crippen molar-refractivity contribution < 1.29 is 23.4 Å². The van der Waals surface area contributed by atoms with E-state index in [0.29, 0.717) is 35.8 Å². The Morgan fingerprint density at radius 3 is 2.24 bits per heavy atom. The molecular weight excluding hydrogens is 325 g/mol. The van der Waals surface area contributed by atoms with Crippen molar-refractivity contribution in [2.75, 3.05) is 27.9 Å². The minimum absolute atomic E-state index is 0.0158. The van der Waals surface area contributed by atoms with Gasteiger partial charge in [-0.2, -0.15) is 0 Å². The van der Waals surface area contributed by atoms with Crippen LogP contribution in [0.5, 0.6) is 17.2 Å². The van der Waals surface area contributed by atoms with Crippen molar-refractivity contribution >= 4 is 5.91 Å². The number of hydrogen-bond donors (Lipinski definition) is 1. The fourth-order valence-electron chi connectivity index (χ4n) is 2.50. The summed E-state index contributed by atoms with van der Waals surface area (Å²) >= 11 is 0. The Balaban J connectivity index is 1.95. The summed E-state index contributed by atoms with van der Waals surface area (Å²) in [6.07, 6.45) is 0.599. The topological polar surface area (TPSA) is 56.8 Å². The average molecular weight is 347 g/mol. The first-order valence-electron chi connectivity index (χ1n) is 7.88. The van der Waals surface area contributed by atoms with Gasteiger partial charge in [0.15, 0.2) is 11.5 Å². The number of carbonyl (C=O) groups excluding carboxylic acids is 1. The summed E-state index contributed by atoms with van der Waals surface area (Å²) in [5.41, 5.74) is 1.31. The molecular formula is C19H22FNO4. The normalized spacial score (nSPS) is 10.2. The molecule has 0 aliphatic carbocycles. The van der Waals surface area contributed by atoms with Crippen LogP contribution in [0.3, 0.4) is 0 Å². The van der Waals surface area contributed by atoms with Crippen LogP contribution in [-0.4, -0.2) is 33.8 Å². The highest BCUT2D eigenvalue weighted by Gasteiger charge is 2.13. The summed E-state index contributed by atoms with van der Waals surface area (Å²) in [5.74, 6) is 1.06. The van der Waals surface area contributed by atoms with Crippen LogP contribution < -0.4 is 19.5 Å². The first-order chi connectivity index (χ1) is 12.1. The largest absolute Gasteiger partial charge is 0.493 e. The molecule has 6 heteroatoms. The van der Waals surface area contributed by atoms with E-state index in [4.69, 9.17) is 14.2 Å². The fraction of sp³-hybridized carbons (Fsp3) is 0.316. The average Bonchev–Trinajstić information content (AvgIpc) is 2.62. The summed E-state index contributed by atoms with van der Waals surface area (Å²) in [4.78, 5) is 12.0. The Bertz CT molecular complexity index is 708. The predicted octanol–water partition coefficient (Wildman–Crippen LogP) is 2.75.